The van der Waals surface area contributed by atoms with Crippen molar-refractivity contribution in [1.29, 1.82) is 0 Å². The highest BCUT2D eigenvalue weighted by Crippen LogP contribution is 2.27. The molecule has 0 aliphatic carbocycles. The molecule has 0 fully saturated rings. The van der Waals surface area contributed by atoms with Crippen molar-refractivity contribution >= 4 is 33.3 Å². The summed E-state index contributed by atoms with van der Waals surface area (Å²) in [5.41, 5.74) is 2.22. The van der Waals surface area contributed by atoms with Gasteiger partial charge in [-0.1, -0.05) is 18.2 Å². The van der Waals surface area contributed by atoms with Gasteiger partial charge in [0, 0.05) is 17.3 Å². The topological polar surface area (TPSA) is 67.4 Å². The van der Waals surface area contributed by atoms with Crippen LogP contribution in [-0.4, -0.2) is 25.3 Å². The second kappa shape index (κ2) is 8.78. The largest absolute Gasteiger partial charge is 0.496 e. The second-order valence-corrected chi connectivity index (χ2v) is 6.54. The van der Waals surface area contributed by atoms with Crippen LogP contribution in [0.15, 0.2) is 46.9 Å². The number of halogens is 1. The lowest BCUT2D eigenvalue weighted by atomic mass is 10.1. The molecule has 1 amide bonds. The van der Waals surface area contributed by atoms with Gasteiger partial charge < -0.3 is 15.4 Å². The van der Waals surface area contributed by atoms with Crippen LogP contribution in [0.25, 0.3) is 0 Å². The van der Waals surface area contributed by atoms with E-state index in [0.29, 0.717) is 11.3 Å². The number of ether oxygens (including phenoxy) is 1. The highest BCUT2D eigenvalue weighted by molar-refractivity contribution is 9.10. The molecule has 132 valence electrons. The van der Waals surface area contributed by atoms with Gasteiger partial charge in [-0.2, -0.15) is 0 Å². The minimum Gasteiger partial charge on any atom is -0.496 e. The normalized spacial score (nSPS) is 11.7. The first-order valence-corrected chi connectivity index (χ1v) is 8.67. The summed E-state index contributed by atoms with van der Waals surface area (Å²) in [7, 11) is 1.62. The SMILES string of the molecule is COc1ccc([C@H](C)NCC(=O)Nc2cccc(C(C)=O)c2)cc1Br. The van der Waals surface area contributed by atoms with E-state index in [9.17, 15) is 9.59 Å². The lowest BCUT2D eigenvalue weighted by Crippen LogP contribution is -2.30. The molecule has 25 heavy (non-hydrogen) atoms. The number of carbonyl (C=O) groups excluding carboxylic acids is 2. The molecule has 0 aliphatic heterocycles. The van der Waals surface area contributed by atoms with E-state index in [0.717, 1.165) is 15.8 Å². The number of carbonyl (C=O) groups is 2. The quantitative estimate of drug-likeness (QED) is 0.685. The number of hydrogen-bond donors (Lipinski definition) is 2. The van der Waals surface area contributed by atoms with Crippen LogP contribution < -0.4 is 15.4 Å². The number of rotatable bonds is 7. The fraction of sp³-hybridized carbons (Fsp3) is 0.263. The zero-order valence-corrected chi connectivity index (χ0v) is 16.0. The number of nitrogens with one attached hydrogen (secondary N) is 2. The number of anilines is 1. The highest BCUT2D eigenvalue weighted by Gasteiger charge is 2.10. The molecule has 0 bridgehead atoms. The molecular formula is C19H21BrN2O3. The number of amides is 1. The molecule has 2 rings (SSSR count). The van der Waals surface area contributed by atoms with E-state index in [1.54, 1.807) is 31.4 Å². The Bertz CT molecular complexity index is 777. The fourth-order valence-corrected chi connectivity index (χ4v) is 2.90. The fourth-order valence-electron chi connectivity index (χ4n) is 2.34. The first-order chi connectivity index (χ1) is 11.9. The third-order valence-electron chi connectivity index (χ3n) is 3.80. The second-order valence-electron chi connectivity index (χ2n) is 5.68. The lowest BCUT2D eigenvalue weighted by molar-refractivity contribution is -0.115. The lowest BCUT2D eigenvalue weighted by Gasteiger charge is -2.15. The van der Waals surface area contributed by atoms with Gasteiger partial charge in [0.05, 0.1) is 18.1 Å². The van der Waals surface area contributed by atoms with Crippen molar-refractivity contribution in [1.82, 2.24) is 5.32 Å². The van der Waals surface area contributed by atoms with Gasteiger partial charge in [-0.05, 0) is 59.6 Å². The highest BCUT2D eigenvalue weighted by atomic mass is 79.9. The smallest absolute Gasteiger partial charge is 0.238 e. The number of benzene rings is 2. The van der Waals surface area contributed by atoms with Crippen molar-refractivity contribution in [2.24, 2.45) is 0 Å². The minimum atomic E-state index is -0.167. The van der Waals surface area contributed by atoms with E-state index in [1.807, 2.05) is 25.1 Å². The maximum absolute atomic E-state index is 12.1. The summed E-state index contributed by atoms with van der Waals surface area (Å²) in [6, 6.07) is 12.7. The molecule has 6 heteroatoms. The van der Waals surface area contributed by atoms with E-state index in [1.165, 1.54) is 6.92 Å². The molecule has 2 aromatic rings. The first kappa shape index (κ1) is 19.1. The maximum Gasteiger partial charge on any atom is 0.238 e. The molecular weight excluding hydrogens is 384 g/mol. The molecule has 0 aliphatic rings. The maximum atomic E-state index is 12.1. The Balaban J connectivity index is 1.92. The van der Waals surface area contributed by atoms with Crippen LogP contribution in [0.4, 0.5) is 5.69 Å². The Kier molecular flexibility index (Phi) is 6.73. The average Bonchev–Trinajstić information content (AvgIpc) is 2.59. The van der Waals surface area contributed by atoms with E-state index in [2.05, 4.69) is 26.6 Å². The van der Waals surface area contributed by atoms with Gasteiger partial charge in [0.1, 0.15) is 5.75 Å². The Labute approximate surface area is 155 Å². The zero-order valence-electron chi connectivity index (χ0n) is 14.4. The van der Waals surface area contributed by atoms with Crippen LogP contribution in [0.2, 0.25) is 0 Å². The van der Waals surface area contributed by atoms with Crippen LogP contribution >= 0.6 is 15.9 Å². The number of Topliss-reactive ketones (excluding diaryl/α,β-unsaturated/α-hetero) is 1. The Hall–Kier alpha value is -2.18. The summed E-state index contributed by atoms with van der Waals surface area (Å²) in [4.78, 5) is 23.5. The first-order valence-electron chi connectivity index (χ1n) is 7.88. The minimum absolute atomic E-state index is 0.00323. The van der Waals surface area contributed by atoms with Gasteiger partial charge in [0.2, 0.25) is 5.91 Å². The van der Waals surface area contributed by atoms with Crippen molar-refractivity contribution in [3.63, 3.8) is 0 Å². The molecule has 0 unspecified atom stereocenters. The van der Waals surface area contributed by atoms with Crippen molar-refractivity contribution in [2.75, 3.05) is 19.0 Å². The molecule has 0 saturated carbocycles. The summed E-state index contributed by atoms with van der Waals surface area (Å²) in [5, 5.41) is 5.97. The van der Waals surface area contributed by atoms with Crippen molar-refractivity contribution in [3.05, 3.63) is 58.1 Å². The molecule has 0 spiro atoms. The molecule has 0 saturated heterocycles. The van der Waals surface area contributed by atoms with Crippen LogP contribution in [0.5, 0.6) is 5.75 Å². The predicted molar refractivity (Wildman–Crippen MR) is 102 cm³/mol. The summed E-state index contributed by atoms with van der Waals surface area (Å²) in [5.74, 6) is 0.562. The molecule has 1 atom stereocenters. The van der Waals surface area contributed by atoms with Gasteiger partial charge >= 0.3 is 0 Å². The van der Waals surface area contributed by atoms with Crippen molar-refractivity contribution in [3.8, 4) is 5.75 Å². The number of methoxy groups -OCH3 is 1. The van der Waals surface area contributed by atoms with E-state index in [-0.39, 0.29) is 24.3 Å². The molecule has 0 radical (unpaired) electrons. The number of hydrogen-bond acceptors (Lipinski definition) is 4. The monoisotopic (exact) mass is 404 g/mol. The molecule has 5 nitrogen and oxygen atoms in total. The molecule has 0 aromatic heterocycles. The van der Waals surface area contributed by atoms with Gasteiger partial charge in [0.15, 0.2) is 5.78 Å². The summed E-state index contributed by atoms with van der Waals surface area (Å²) >= 11 is 3.46. The molecule has 2 N–H and O–H groups in total. The number of ketones is 1. The van der Waals surface area contributed by atoms with Crippen LogP contribution in [0.3, 0.4) is 0 Å². The third kappa shape index (κ3) is 5.41. The van der Waals surface area contributed by atoms with E-state index in [4.69, 9.17) is 4.74 Å². The van der Waals surface area contributed by atoms with Gasteiger partial charge in [0.25, 0.3) is 0 Å². The van der Waals surface area contributed by atoms with Crippen LogP contribution in [0, 0.1) is 0 Å². The van der Waals surface area contributed by atoms with Gasteiger partial charge in [-0.15, -0.1) is 0 Å². The standard InChI is InChI=1S/C19H21BrN2O3/c1-12(14-7-8-18(25-3)17(20)10-14)21-11-19(24)22-16-6-4-5-15(9-16)13(2)23/h4-10,12,21H,11H2,1-3H3,(H,22,24)/t12-/m0/s1. The van der Waals surface area contributed by atoms with Gasteiger partial charge in [-0.25, -0.2) is 0 Å². The molecule has 0 heterocycles. The van der Waals surface area contributed by atoms with Crippen molar-refractivity contribution < 1.29 is 14.3 Å². The summed E-state index contributed by atoms with van der Waals surface area (Å²) < 4.78 is 6.08. The van der Waals surface area contributed by atoms with Crippen LogP contribution in [0.1, 0.15) is 35.8 Å². The zero-order chi connectivity index (χ0) is 18.4. The summed E-state index contributed by atoms with van der Waals surface area (Å²) in [6.07, 6.45) is 0. The van der Waals surface area contributed by atoms with Crippen LogP contribution in [-0.2, 0) is 4.79 Å². The molecule has 2 aromatic carbocycles. The van der Waals surface area contributed by atoms with Gasteiger partial charge in [-0.3, -0.25) is 9.59 Å². The summed E-state index contributed by atoms with van der Waals surface area (Å²) in [6.45, 7) is 3.64. The van der Waals surface area contributed by atoms with E-state index < -0.39 is 0 Å². The Morgan fingerprint density at radius 1 is 1.20 bits per heavy atom. The third-order valence-corrected chi connectivity index (χ3v) is 4.42. The van der Waals surface area contributed by atoms with E-state index >= 15 is 0 Å². The average molecular weight is 405 g/mol. The predicted octanol–water partition coefficient (Wildman–Crippen LogP) is 3.95. The van der Waals surface area contributed by atoms with Crippen molar-refractivity contribution in [2.45, 2.75) is 19.9 Å². The Morgan fingerprint density at radius 2 is 1.96 bits per heavy atom. The Morgan fingerprint density at radius 3 is 2.60 bits per heavy atom.